The number of piperazine rings is 1. The number of nitrogens with one attached hydrogen (secondary N) is 1. The number of thioether (sulfide) groups is 1. The van der Waals surface area contributed by atoms with Gasteiger partial charge in [-0.2, -0.15) is 11.8 Å². The van der Waals surface area contributed by atoms with Gasteiger partial charge >= 0.3 is 0 Å². The van der Waals surface area contributed by atoms with Crippen molar-refractivity contribution < 1.29 is 0 Å². The molecular weight excluding hydrogens is 230 g/mol. The van der Waals surface area contributed by atoms with Gasteiger partial charge < -0.3 is 10.2 Å². The minimum atomic E-state index is 0.946. The summed E-state index contributed by atoms with van der Waals surface area (Å²) in [7, 11) is 2.29. The Bertz CT molecular complexity index is 201. The molecule has 1 atom stereocenters. The van der Waals surface area contributed by atoms with Gasteiger partial charge in [-0.15, -0.1) is 0 Å². The van der Waals surface area contributed by atoms with Crippen LogP contribution in [0.3, 0.4) is 0 Å². The van der Waals surface area contributed by atoms with Crippen molar-refractivity contribution in [1.82, 2.24) is 15.1 Å². The zero-order valence-electron chi connectivity index (χ0n) is 11.2. The second kappa shape index (κ2) is 7.62. The summed E-state index contributed by atoms with van der Waals surface area (Å²) >= 11 is 2.15. The van der Waals surface area contributed by atoms with E-state index in [4.69, 9.17) is 0 Å². The van der Waals surface area contributed by atoms with Gasteiger partial charge in [-0.3, -0.25) is 4.90 Å². The van der Waals surface area contributed by atoms with Gasteiger partial charge in [0.15, 0.2) is 0 Å². The number of hydrogen-bond acceptors (Lipinski definition) is 4. The summed E-state index contributed by atoms with van der Waals surface area (Å²) in [5.74, 6) is 3.72. The molecule has 17 heavy (non-hydrogen) atoms. The van der Waals surface area contributed by atoms with Crippen LogP contribution in [0.25, 0.3) is 0 Å². The lowest BCUT2D eigenvalue weighted by Gasteiger charge is -2.31. The highest BCUT2D eigenvalue weighted by Gasteiger charge is 2.16. The van der Waals surface area contributed by atoms with Gasteiger partial charge in [0.25, 0.3) is 0 Å². The molecule has 4 heteroatoms. The predicted molar refractivity (Wildman–Crippen MR) is 76.9 cm³/mol. The third-order valence-corrected chi connectivity index (χ3v) is 5.12. The van der Waals surface area contributed by atoms with Crippen molar-refractivity contribution in [2.45, 2.75) is 12.8 Å². The molecule has 2 heterocycles. The molecule has 3 nitrogen and oxygen atoms in total. The van der Waals surface area contributed by atoms with Crippen LogP contribution in [0.4, 0.5) is 0 Å². The van der Waals surface area contributed by atoms with Crippen LogP contribution in [0.5, 0.6) is 0 Å². The zero-order valence-corrected chi connectivity index (χ0v) is 12.0. The van der Waals surface area contributed by atoms with Crippen LogP contribution in [-0.2, 0) is 0 Å². The van der Waals surface area contributed by atoms with Gasteiger partial charge in [-0.25, -0.2) is 0 Å². The van der Waals surface area contributed by atoms with Crippen LogP contribution >= 0.6 is 11.8 Å². The largest absolute Gasteiger partial charge is 0.314 e. The van der Waals surface area contributed by atoms with Crippen LogP contribution in [-0.4, -0.2) is 74.2 Å². The Labute approximate surface area is 110 Å². The molecule has 0 saturated carbocycles. The molecule has 2 aliphatic heterocycles. The van der Waals surface area contributed by atoms with E-state index in [1.807, 2.05) is 0 Å². The highest BCUT2D eigenvalue weighted by Crippen LogP contribution is 2.22. The van der Waals surface area contributed by atoms with Crippen molar-refractivity contribution in [2.75, 3.05) is 64.4 Å². The summed E-state index contributed by atoms with van der Waals surface area (Å²) < 4.78 is 0. The smallest absolute Gasteiger partial charge is 0.0110 e. The molecular formula is C13H27N3S. The highest BCUT2D eigenvalue weighted by molar-refractivity contribution is 7.99. The summed E-state index contributed by atoms with van der Waals surface area (Å²) in [6.45, 7) is 8.59. The molecule has 2 fully saturated rings. The summed E-state index contributed by atoms with van der Waals surface area (Å²) in [5.41, 5.74) is 0. The number of hydrogen-bond donors (Lipinski definition) is 1. The second-order valence-corrected chi connectivity index (χ2v) is 6.59. The molecule has 0 bridgehead atoms. The van der Waals surface area contributed by atoms with Crippen molar-refractivity contribution in [1.29, 1.82) is 0 Å². The van der Waals surface area contributed by atoms with E-state index in [-0.39, 0.29) is 0 Å². The Morgan fingerprint density at radius 2 is 2.18 bits per heavy atom. The lowest BCUT2D eigenvalue weighted by atomic mass is 10.1. The molecule has 0 aliphatic carbocycles. The third-order valence-electron chi connectivity index (χ3n) is 3.83. The van der Waals surface area contributed by atoms with Crippen LogP contribution in [0.15, 0.2) is 0 Å². The quantitative estimate of drug-likeness (QED) is 0.791. The lowest BCUT2D eigenvalue weighted by molar-refractivity contribution is 0.193. The minimum absolute atomic E-state index is 0.946. The van der Waals surface area contributed by atoms with Crippen molar-refractivity contribution in [3.63, 3.8) is 0 Å². The maximum Gasteiger partial charge on any atom is 0.0110 e. The van der Waals surface area contributed by atoms with Crippen LogP contribution in [0.1, 0.15) is 12.8 Å². The molecule has 0 radical (unpaired) electrons. The van der Waals surface area contributed by atoms with E-state index in [9.17, 15) is 0 Å². The number of likely N-dealkylation sites (N-methyl/N-ethyl adjacent to an activating group) is 1. The van der Waals surface area contributed by atoms with E-state index in [1.165, 1.54) is 70.2 Å². The summed E-state index contributed by atoms with van der Waals surface area (Å²) in [4.78, 5) is 5.13. The van der Waals surface area contributed by atoms with Crippen molar-refractivity contribution >= 4 is 11.8 Å². The lowest BCUT2D eigenvalue weighted by Crippen LogP contribution is -2.46. The Morgan fingerprint density at radius 1 is 1.35 bits per heavy atom. The maximum atomic E-state index is 3.41. The molecule has 2 aliphatic rings. The van der Waals surface area contributed by atoms with Gasteiger partial charge in [0.2, 0.25) is 0 Å². The molecule has 1 unspecified atom stereocenters. The van der Waals surface area contributed by atoms with E-state index in [1.54, 1.807) is 0 Å². The van der Waals surface area contributed by atoms with Crippen molar-refractivity contribution in [3.05, 3.63) is 0 Å². The second-order valence-electron chi connectivity index (χ2n) is 5.44. The van der Waals surface area contributed by atoms with Gasteiger partial charge in [0.05, 0.1) is 0 Å². The van der Waals surface area contributed by atoms with Crippen LogP contribution in [0, 0.1) is 5.92 Å². The topological polar surface area (TPSA) is 18.5 Å². The van der Waals surface area contributed by atoms with E-state index < -0.39 is 0 Å². The first-order valence-electron chi connectivity index (χ1n) is 7.04. The van der Waals surface area contributed by atoms with Gasteiger partial charge in [-0.1, -0.05) is 0 Å². The van der Waals surface area contributed by atoms with E-state index in [0.717, 1.165) is 5.92 Å². The highest BCUT2D eigenvalue weighted by atomic mass is 32.2. The summed E-state index contributed by atoms with van der Waals surface area (Å²) in [6.07, 6.45) is 2.88. The third kappa shape index (κ3) is 5.16. The molecule has 1 N–H and O–H groups in total. The predicted octanol–water partition coefficient (Wildman–Crippen LogP) is 0.967. The van der Waals surface area contributed by atoms with Crippen LogP contribution < -0.4 is 5.32 Å². The van der Waals surface area contributed by atoms with Gasteiger partial charge in [0.1, 0.15) is 0 Å². The first-order valence-corrected chi connectivity index (χ1v) is 8.19. The molecule has 0 aromatic heterocycles. The molecule has 2 saturated heterocycles. The SMILES string of the molecule is CN(CCN1CCNCC1)CC1CCCSC1. The average molecular weight is 257 g/mol. The van der Waals surface area contributed by atoms with E-state index >= 15 is 0 Å². The summed E-state index contributed by atoms with van der Waals surface area (Å²) in [6, 6.07) is 0. The Hall–Kier alpha value is 0.230. The van der Waals surface area contributed by atoms with E-state index in [2.05, 4.69) is 33.9 Å². The normalized spacial score (nSPS) is 27.5. The Balaban J connectivity index is 1.57. The van der Waals surface area contributed by atoms with E-state index in [0.29, 0.717) is 0 Å². The molecule has 0 aromatic carbocycles. The average Bonchev–Trinajstić information content (AvgIpc) is 2.39. The van der Waals surface area contributed by atoms with Crippen molar-refractivity contribution in [2.24, 2.45) is 5.92 Å². The standard InChI is InChI=1S/C13H27N3S/c1-15(11-13-3-2-10-17-12-13)8-9-16-6-4-14-5-7-16/h13-14H,2-12H2,1H3. The molecule has 2 rings (SSSR count). The minimum Gasteiger partial charge on any atom is -0.314 e. The fourth-order valence-electron chi connectivity index (χ4n) is 2.73. The summed E-state index contributed by atoms with van der Waals surface area (Å²) in [5, 5.41) is 3.41. The monoisotopic (exact) mass is 257 g/mol. The number of nitrogens with zero attached hydrogens (tertiary/aromatic N) is 2. The first kappa shape index (κ1) is 13.7. The molecule has 0 amide bonds. The van der Waals surface area contributed by atoms with Gasteiger partial charge in [0, 0.05) is 45.8 Å². The first-order chi connectivity index (χ1) is 8.34. The Kier molecular flexibility index (Phi) is 6.12. The zero-order chi connectivity index (χ0) is 11.9. The molecule has 0 aromatic rings. The van der Waals surface area contributed by atoms with Gasteiger partial charge in [-0.05, 0) is 37.3 Å². The fourth-order valence-corrected chi connectivity index (χ4v) is 3.87. The maximum absolute atomic E-state index is 3.41. The molecule has 100 valence electrons. The Morgan fingerprint density at radius 3 is 2.88 bits per heavy atom. The number of rotatable bonds is 5. The van der Waals surface area contributed by atoms with Crippen molar-refractivity contribution in [3.8, 4) is 0 Å². The van der Waals surface area contributed by atoms with Crippen LogP contribution in [0.2, 0.25) is 0 Å². The molecule has 0 spiro atoms. The fraction of sp³-hybridized carbons (Fsp3) is 1.00.